The number of rotatable bonds is 7. The van der Waals surface area contributed by atoms with Gasteiger partial charge >= 0.3 is 17.8 Å². The van der Waals surface area contributed by atoms with Crippen LogP contribution in [0.4, 0.5) is 5.69 Å². The molecule has 2 amide bonds. The van der Waals surface area contributed by atoms with Crippen LogP contribution in [0.3, 0.4) is 0 Å². The van der Waals surface area contributed by atoms with E-state index in [4.69, 9.17) is 14.2 Å². The average Bonchev–Trinajstić information content (AvgIpc) is 2.86. The Balaban J connectivity index is 1.62. The number of ether oxygens (including phenoxy) is 3. The SMILES string of the molecule is COc1cccc(C(=O)Oc2ccc(/C=N/NC(=O)C(=O)Nc3ccc(C)cc3C)cc2OC)c1. The van der Waals surface area contributed by atoms with Gasteiger partial charge in [-0.1, -0.05) is 23.8 Å². The molecule has 0 unspecified atom stereocenters. The van der Waals surface area contributed by atoms with Crippen molar-refractivity contribution in [2.45, 2.75) is 13.8 Å². The van der Waals surface area contributed by atoms with Gasteiger partial charge < -0.3 is 19.5 Å². The number of hydrazone groups is 1. The molecule has 0 fully saturated rings. The van der Waals surface area contributed by atoms with Crippen molar-refractivity contribution in [1.82, 2.24) is 5.43 Å². The molecule has 35 heavy (non-hydrogen) atoms. The van der Waals surface area contributed by atoms with Crippen LogP contribution in [0.5, 0.6) is 17.2 Å². The highest BCUT2D eigenvalue weighted by molar-refractivity contribution is 6.39. The van der Waals surface area contributed by atoms with E-state index in [9.17, 15) is 14.4 Å². The number of benzene rings is 3. The maximum atomic E-state index is 12.5. The first-order chi connectivity index (χ1) is 16.8. The van der Waals surface area contributed by atoms with Crippen molar-refractivity contribution < 1.29 is 28.6 Å². The van der Waals surface area contributed by atoms with Crippen LogP contribution in [0.2, 0.25) is 0 Å². The second-order valence-corrected chi connectivity index (χ2v) is 7.50. The van der Waals surface area contributed by atoms with E-state index in [2.05, 4.69) is 15.8 Å². The topological polar surface area (TPSA) is 115 Å². The molecule has 0 spiro atoms. The lowest BCUT2D eigenvalue weighted by atomic mass is 10.1. The molecule has 0 heterocycles. The minimum Gasteiger partial charge on any atom is -0.497 e. The van der Waals surface area contributed by atoms with Crippen LogP contribution >= 0.6 is 0 Å². The summed E-state index contributed by atoms with van der Waals surface area (Å²) in [5.41, 5.74) is 5.47. The van der Waals surface area contributed by atoms with Crippen molar-refractivity contribution in [1.29, 1.82) is 0 Å². The number of nitrogens with zero attached hydrogens (tertiary/aromatic N) is 1. The first kappa shape index (κ1) is 25.0. The fraction of sp³-hybridized carbons (Fsp3) is 0.154. The molecule has 2 N–H and O–H groups in total. The number of hydrogen-bond donors (Lipinski definition) is 2. The lowest BCUT2D eigenvalue weighted by Gasteiger charge is -2.10. The fourth-order valence-corrected chi connectivity index (χ4v) is 3.11. The third-order valence-corrected chi connectivity index (χ3v) is 4.91. The van der Waals surface area contributed by atoms with Crippen molar-refractivity contribution in [3.63, 3.8) is 0 Å². The predicted octanol–water partition coefficient (Wildman–Crippen LogP) is 3.63. The van der Waals surface area contributed by atoms with E-state index < -0.39 is 17.8 Å². The monoisotopic (exact) mass is 475 g/mol. The van der Waals surface area contributed by atoms with Crippen LogP contribution in [-0.2, 0) is 9.59 Å². The smallest absolute Gasteiger partial charge is 0.343 e. The Morgan fingerprint density at radius 1 is 0.857 bits per heavy atom. The molecule has 0 aromatic heterocycles. The van der Waals surface area contributed by atoms with Crippen LogP contribution in [-0.4, -0.2) is 38.2 Å². The van der Waals surface area contributed by atoms with E-state index in [-0.39, 0.29) is 11.5 Å². The van der Waals surface area contributed by atoms with Gasteiger partial charge in [0, 0.05) is 5.69 Å². The Hall–Kier alpha value is -4.66. The van der Waals surface area contributed by atoms with E-state index in [0.29, 0.717) is 22.6 Å². The molecule has 0 saturated heterocycles. The molecule has 180 valence electrons. The number of carbonyl (C=O) groups is 3. The first-order valence-corrected chi connectivity index (χ1v) is 10.6. The number of esters is 1. The molecule has 3 aromatic rings. The summed E-state index contributed by atoms with van der Waals surface area (Å²) in [6, 6.07) is 16.8. The zero-order valence-corrected chi connectivity index (χ0v) is 19.7. The van der Waals surface area contributed by atoms with E-state index >= 15 is 0 Å². The van der Waals surface area contributed by atoms with Crippen molar-refractivity contribution >= 4 is 29.7 Å². The normalized spacial score (nSPS) is 10.5. The highest BCUT2D eigenvalue weighted by Gasteiger charge is 2.15. The Morgan fingerprint density at radius 2 is 1.66 bits per heavy atom. The maximum Gasteiger partial charge on any atom is 0.343 e. The quantitative estimate of drug-likeness (QED) is 0.177. The first-order valence-electron chi connectivity index (χ1n) is 10.6. The summed E-state index contributed by atoms with van der Waals surface area (Å²) < 4.78 is 15.9. The standard InChI is InChI=1S/C26H25N3O6/c1-16-8-10-21(17(2)12-16)28-24(30)25(31)29-27-15-18-9-11-22(23(13-18)34-4)35-26(32)19-6-5-7-20(14-19)33-3/h5-15H,1-4H3,(H,28,30)(H,29,31)/b27-15+. The Labute approximate surface area is 202 Å². The summed E-state index contributed by atoms with van der Waals surface area (Å²) in [5, 5.41) is 6.36. The summed E-state index contributed by atoms with van der Waals surface area (Å²) in [6.45, 7) is 3.77. The van der Waals surface area contributed by atoms with Crippen molar-refractivity contribution in [2.75, 3.05) is 19.5 Å². The molecule has 3 aromatic carbocycles. The minimum atomic E-state index is -0.919. The van der Waals surface area contributed by atoms with Gasteiger partial charge in [0.15, 0.2) is 11.5 Å². The molecule has 3 rings (SSSR count). The zero-order valence-electron chi connectivity index (χ0n) is 19.7. The maximum absolute atomic E-state index is 12.5. The summed E-state index contributed by atoms with van der Waals surface area (Å²) in [7, 11) is 2.94. The van der Waals surface area contributed by atoms with Gasteiger partial charge in [-0.05, 0) is 67.4 Å². The zero-order chi connectivity index (χ0) is 25.4. The second-order valence-electron chi connectivity index (χ2n) is 7.50. The van der Waals surface area contributed by atoms with E-state index in [1.807, 2.05) is 26.0 Å². The molecule has 0 aliphatic heterocycles. The van der Waals surface area contributed by atoms with Gasteiger partial charge in [0.1, 0.15) is 5.75 Å². The summed E-state index contributed by atoms with van der Waals surface area (Å²) in [4.78, 5) is 36.7. The minimum absolute atomic E-state index is 0.203. The lowest BCUT2D eigenvalue weighted by molar-refractivity contribution is -0.136. The number of nitrogens with one attached hydrogen (secondary N) is 2. The highest BCUT2D eigenvalue weighted by atomic mass is 16.6. The second kappa shape index (κ2) is 11.5. The van der Waals surface area contributed by atoms with Crippen LogP contribution < -0.4 is 25.0 Å². The van der Waals surface area contributed by atoms with Gasteiger partial charge in [-0.3, -0.25) is 9.59 Å². The number of carbonyl (C=O) groups excluding carboxylic acids is 3. The molecule has 0 aliphatic carbocycles. The molecule has 0 bridgehead atoms. The molecule has 0 aliphatic rings. The van der Waals surface area contributed by atoms with Crippen molar-refractivity contribution in [2.24, 2.45) is 5.10 Å². The molecule has 9 heteroatoms. The third kappa shape index (κ3) is 6.67. The molecule has 9 nitrogen and oxygen atoms in total. The predicted molar refractivity (Wildman–Crippen MR) is 131 cm³/mol. The highest BCUT2D eigenvalue weighted by Crippen LogP contribution is 2.28. The Kier molecular flexibility index (Phi) is 8.18. The number of anilines is 1. The van der Waals surface area contributed by atoms with Gasteiger partial charge in [0.2, 0.25) is 0 Å². The number of methoxy groups -OCH3 is 2. The van der Waals surface area contributed by atoms with Crippen molar-refractivity contribution in [3.05, 3.63) is 82.9 Å². The average molecular weight is 476 g/mol. The summed E-state index contributed by atoms with van der Waals surface area (Å²) in [6.07, 6.45) is 1.33. The van der Waals surface area contributed by atoms with Crippen LogP contribution in [0.25, 0.3) is 0 Å². The van der Waals surface area contributed by atoms with E-state index in [1.54, 1.807) is 42.5 Å². The number of amides is 2. The van der Waals surface area contributed by atoms with E-state index in [0.717, 1.165) is 11.1 Å². The van der Waals surface area contributed by atoms with Gasteiger partial charge in [0.05, 0.1) is 26.0 Å². The van der Waals surface area contributed by atoms with Crippen molar-refractivity contribution in [3.8, 4) is 17.2 Å². The van der Waals surface area contributed by atoms with Crippen LogP contribution in [0.15, 0.2) is 65.8 Å². The molecule has 0 atom stereocenters. The van der Waals surface area contributed by atoms with Crippen LogP contribution in [0, 0.1) is 13.8 Å². The summed E-state index contributed by atoms with van der Waals surface area (Å²) in [5.74, 6) is -1.32. The molecule has 0 radical (unpaired) electrons. The molecular formula is C26H25N3O6. The summed E-state index contributed by atoms with van der Waals surface area (Å²) >= 11 is 0. The van der Waals surface area contributed by atoms with Gasteiger partial charge in [-0.15, -0.1) is 0 Å². The van der Waals surface area contributed by atoms with Gasteiger partial charge in [-0.2, -0.15) is 5.10 Å². The largest absolute Gasteiger partial charge is 0.497 e. The molecule has 0 saturated carbocycles. The Bertz CT molecular complexity index is 1290. The van der Waals surface area contributed by atoms with E-state index in [1.165, 1.54) is 26.5 Å². The fourth-order valence-electron chi connectivity index (χ4n) is 3.11. The number of aryl methyl sites for hydroxylation is 2. The van der Waals surface area contributed by atoms with Crippen LogP contribution in [0.1, 0.15) is 27.0 Å². The van der Waals surface area contributed by atoms with Gasteiger partial charge in [-0.25, -0.2) is 10.2 Å². The molecular weight excluding hydrogens is 450 g/mol. The van der Waals surface area contributed by atoms with Gasteiger partial charge in [0.25, 0.3) is 0 Å². The lowest BCUT2D eigenvalue weighted by Crippen LogP contribution is -2.32. The Morgan fingerprint density at radius 3 is 2.37 bits per heavy atom. The number of hydrogen-bond acceptors (Lipinski definition) is 7. The third-order valence-electron chi connectivity index (χ3n) is 4.91.